The Kier molecular flexibility index (Phi) is 5.50. The molecule has 3 rings (SSSR count). The molecule has 2 aromatic heterocycles. The minimum atomic E-state index is -0.0843. The van der Waals surface area contributed by atoms with E-state index >= 15 is 0 Å². The van der Waals surface area contributed by atoms with Gasteiger partial charge in [-0.2, -0.15) is 5.10 Å². The zero-order valence-electron chi connectivity index (χ0n) is 13.9. The number of rotatable bonds is 6. The van der Waals surface area contributed by atoms with E-state index < -0.39 is 0 Å². The van der Waals surface area contributed by atoms with Gasteiger partial charge in [-0.05, 0) is 12.1 Å². The average molecular weight is 333 g/mol. The highest BCUT2D eigenvalue weighted by molar-refractivity contribution is 5.89. The van der Waals surface area contributed by atoms with Crippen LogP contribution in [0.2, 0.25) is 0 Å². The second kappa shape index (κ2) is 7.98. The van der Waals surface area contributed by atoms with Crippen molar-refractivity contribution in [2.24, 2.45) is 0 Å². The normalized spacial score (nSPS) is 15.6. The molecule has 8 heteroatoms. The summed E-state index contributed by atoms with van der Waals surface area (Å²) in [6.45, 7) is 5.11. The maximum absolute atomic E-state index is 12.3. The third-order valence-corrected chi connectivity index (χ3v) is 4.03. The van der Waals surface area contributed by atoms with Crippen LogP contribution in [0.25, 0.3) is 0 Å². The number of anilines is 1. The molecule has 0 aliphatic carbocycles. The summed E-state index contributed by atoms with van der Waals surface area (Å²) >= 11 is 0. The fourth-order valence-corrected chi connectivity index (χ4v) is 2.67. The summed E-state index contributed by atoms with van der Waals surface area (Å²) in [6.07, 6.45) is 5.15. The van der Waals surface area contributed by atoms with Crippen molar-refractivity contribution in [1.82, 2.24) is 19.6 Å². The highest BCUT2D eigenvalue weighted by Crippen LogP contribution is 2.11. The topological polar surface area (TPSA) is 75.8 Å². The fourth-order valence-electron chi connectivity index (χ4n) is 2.67. The minimum Gasteiger partial charge on any atom is -0.468 e. The molecule has 8 nitrogen and oxygen atoms in total. The number of carbonyl (C=O) groups is 1. The number of amides is 2. The first-order valence-corrected chi connectivity index (χ1v) is 8.06. The largest absolute Gasteiger partial charge is 0.468 e. The Labute approximate surface area is 141 Å². The van der Waals surface area contributed by atoms with Crippen LogP contribution < -0.4 is 5.32 Å². The number of carbonyl (C=O) groups excluding carboxylic acids is 1. The highest BCUT2D eigenvalue weighted by atomic mass is 16.5. The van der Waals surface area contributed by atoms with Crippen molar-refractivity contribution in [3.05, 3.63) is 36.5 Å². The number of methoxy groups -OCH3 is 1. The van der Waals surface area contributed by atoms with Gasteiger partial charge in [0, 0.05) is 39.5 Å². The number of ether oxygens (including phenoxy) is 1. The number of aromatic nitrogens is 2. The Bertz CT molecular complexity index is 632. The molecule has 0 spiro atoms. The highest BCUT2D eigenvalue weighted by Gasteiger charge is 2.21. The summed E-state index contributed by atoms with van der Waals surface area (Å²) in [7, 11) is 1.65. The standard InChI is InChI=1S/C16H23N5O3/c1-23-10-8-21-12-14(11-17-21)18-16(22)20-6-4-19(5-7-20)13-15-3-2-9-24-15/h2-3,9,11-12H,4-8,10,13H2,1H3,(H,18,22). The Morgan fingerprint density at radius 2 is 2.21 bits per heavy atom. The number of hydrogen-bond donors (Lipinski definition) is 1. The third kappa shape index (κ3) is 4.36. The van der Waals surface area contributed by atoms with Gasteiger partial charge >= 0.3 is 6.03 Å². The molecule has 0 bridgehead atoms. The molecule has 2 aromatic rings. The van der Waals surface area contributed by atoms with Gasteiger partial charge in [0.15, 0.2) is 0 Å². The minimum absolute atomic E-state index is 0.0843. The number of nitrogens with zero attached hydrogens (tertiary/aromatic N) is 4. The first-order valence-electron chi connectivity index (χ1n) is 8.06. The van der Waals surface area contributed by atoms with Crippen molar-refractivity contribution in [1.29, 1.82) is 0 Å². The van der Waals surface area contributed by atoms with Crippen LogP contribution in [0.3, 0.4) is 0 Å². The van der Waals surface area contributed by atoms with Gasteiger partial charge in [0.25, 0.3) is 0 Å². The molecule has 0 saturated carbocycles. The van der Waals surface area contributed by atoms with Crippen LogP contribution in [0.5, 0.6) is 0 Å². The van der Waals surface area contributed by atoms with E-state index in [-0.39, 0.29) is 6.03 Å². The van der Waals surface area contributed by atoms with Gasteiger partial charge in [0.1, 0.15) is 5.76 Å². The summed E-state index contributed by atoms with van der Waals surface area (Å²) in [5.41, 5.74) is 0.703. The summed E-state index contributed by atoms with van der Waals surface area (Å²) in [4.78, 5) is 16.4. The van der Waals surface area contributed by atoms with E-state index in [1.165, 1.54) is 0 Å². The number of furan rings is 1. The van der Waals surface area contributed by atoms with Gasteiger partial charge in [0.2, 0.25) is 0 Å². The molecular formula is C16H23N5O3. The van der Waals surface area contributed by atoms with Gasteiger partial charge in [-0.1, -0.05) is 0 Å². The molecule has 0 atom stereocenters. The van der Waals surface area contributed by atoms with Crippen LogP contribution in [0, 0.1) is 0 Å². The Balaban J connectivity index is 1.44. The predicted molar refractivity (Wildman–Crippen MR) is 88.7 cm³/mol. The van der Waals surface area contributed by atoms with Crippen molar-refractivity contribution in [2.45, 2.75) is 13.1 Å². The molecule has 24 heavy (non-hydrogen) atoms. The second-order valence-electron chi connectivity index (χ2n) is 5.76. The van der Waals surface area contributed by atoms with E-state index in [2.05, 4.69) is 15.3 Å². The molecule has 0 radical (unpaired) electrons. The van der Waals surface area contributed by atoms with E-state index in [1.54, 1.807) is 24.3 Å². The van der Waals surface area contributed by atoms with Gasteiger partial charge in [-0.15, -0.1) is 0 Å². The smallest absolute Gasteiger partial charge is 0.322 e. The lowest BCUT2D eigenvalue weighted by atomic mass is 10.3. The lowest BCUT2D eigenvalue weighted by molar-refractivity contribution is 0.137. The van der Waals surface area contributed by atoms with E-state index in [1.807, 2.05) is 23.2 Å². The third-order valence-electron chi connectivity index (χ3n) is 4.03. The predicted octanol–water partition coefficient (Wildman–Crippen LogP) is 1.47. The SMILES string of the molecule is COCCn1cc(NC(=O)N2CCN(Cc3ccco3)CC2)cn1. The van der Waals surface area contributed by atoms with Crippen LogP contribution in [0.4, 0.5) is 10.5 Å². The fraction of sp³-hybridized carbons (Fsp3) is 0.500. The van der Waals surface area contributed by atoms with Gasteiger partial charge in [-0.3, -0.25) is 9.58 Å². The number of urea groups is 1. The van der Waals surface area contributed by atoms with Crippen molar-refractivity contribution in [3.63, 3.8) is 0 Å². The molecular weight excluding hydrogens is 310 g/mol. The van der Waals surface area contributed by atoms with Crippen molar-refractivity contribution >= 4 is 11.7 Å². The monoisotopic (exact) mass is 333 g/mol. The maximum Gasteiger partial charge on any atom is 0.322 e. The summed E-state index contributed by atoms with van der Waals surface area (Å²) < 4.78 is 12.1. The first kappa shape index (κ1) is 16.5. The van der Waals surface area contributed by atoms with Crippen LogP contribution in [0.15, 0.2) is 35.2 Å². The van der Waals surface area contributed by atoms with E-state index in [9.17, 15) is 4.79 Å². The van der Waals surface area contributed by atoms with Crippen molar-refractivity contribution < 1.29 is 13.9 Å². The molecule has 130 valence electrons. The van der Waals surface area contributed by atoms with Gasteiger partial charge in [0.05, 0.1) is 37.8 Å². The second-order valence-corrected chi connectivity index (χ2v) is 5.76. The lowest BCUT2D eigenvalue weighted by Gasteiger charge is -2.34. The summed E-state index contributed by atoms with van der Waals surface area (Å²) in [6, 6.07) is 3.78. The molecule has 1 saturated heterocycles. The molecule has 0 aromatic carbocycles. The van der Waals surface area contributed by atoms with Gasteiger partial charge < -0.3 is 19.4 Å². The van der Waals surface area contributed by atoms with E-state index in [0.29, 0.717) is 31.9 Å². The molecule has 1 aliphatic rings. The molecule has 2 amide bonds. The number of nitrogens with one attached hydrogen (secondary N) is 1. The molecule has 3 heterocycles. The molecule has 1 N–H and O–H groups in total. The van der Waals surface area contributed by atoms with Crippen LogP contribution in [0.1, 0.15) is 5.76 Å². The first-order chi connectivity index (χ1) is 11.7. The van der Waals surface area contributed by atoms with Crippen LogP contribution in [-0.4, -0.2) is 65.5 Å². The van der Waals surface area contributed by atoms with Crippen LogP contribution >= 0.6 is 0 Å². The Hall–Kier alpha value is -2.32. The zero-order valence-corrected chi connectivity index (χ0v) is 13.9. The maximum atomic E-state index is 12.3. The Morgan fingerprint density at radius 3 is 2.92 bits per heavy atom. The molecule has 0 unspecified atom stereocenters. The molecule has 1 aliphatic heterocycles. The van der Waals surface area contributed by atoms with Gasteiger partial charge in [-0.25, -0.2) is 4.79 Å². The summed E-state index contributed by atoms with van der Waals surface area (Å²) in [5, 5.41) is 7.09. The lowest BCUT2D eigenvalue weighted by Crippen LogP contribution is -2.49. The number of piperazine rings is 1. The van der Waals surface area contributed by atoms with E-state index in [0.717, 1.165) is 25.4 Å². The average Bonchev–Trinajstić information content (AvgIpc) is 3.25. The number of hydrogen-bond acceptors (Lipinski definition) is 5. The van der Waals surface area contributed by atoms with E-state index in [4.69, 9.17) is 9.15 Å². The van der Waals surface area contributed by atoms with Crippen LogP contribution in [-0.2, 0) is 17.8 Å². The molecule has 1 fully saturated rings. The summed E-state index contributed by atoms with van der Waals surface area (Å²) in [5.74, 6) is 0.955. The quantitative estimate of drug-likeness (QED) is 0.866. The Morgan fingerprint density at radius 1 is 1.38 bits per heavy atom. The van der Waals surface area contributed by atoms with Crippen molar-refractivity contribution in [2.75, 3.05) is 45.2 Å². The van der Waals surface area contributed by atoms with Crippen molar-refractivity contribution in [3.8, 4) is 0 Å². The zero-order chi connectivity index (χ0) is 16.8.